The molecule has 0 bridgehead atoms. The summed E-state index contributed by atoms with van der Waals surface area (Å²) >= 11 is 5.77. The van der Waals surface area contributed by atoms with Gasteiger partial charge in [0, 0.05) is 25.0 Å². The van der Waals surface area contributed by atoms with Gasteiger partial charge in [0.25, 0.3) is 0 Å². The lowest BCUT2D eigenvalue weighted by molar-refractivity contribution is -0.908. The summed E-state index contributed by atoms with van der Waals surface area (Å²) in [5.41, 5.74) is 0. The van der Waals surface area contributed by atoms with Crippen LogP contribution in [0.1, 0.15) is 6.42 Å². The average molecular weight is 391 g/mol. The molecule has 25 heavy (non-hydrogen) atoms. The number of carbonyl (C=O) groups excluding carboxylic acids is 1. The molecule has 1 fully saturated rings. The lowest BCUT2D eigenvalue weighted by atomic mass is 10.3. The topological polar surface area (TPSA) is 80.2 Å². The van der Waals surface area contributed by atoms with E-state index in [0.717, 1.165) is 43.6 Å². The Bertz CT molecular complexity index is 660. The second-order valence-corrected chi connectivity index (χ2v) is 8.51. The van der Waals surface area contributed by atoms with Crippen LogP contribution < -0.4 is 10.2 Å². The fraction of sp³-hybridized carbons (Fsp3) is 0.562. The van der Waals surface area contributed by atoms with E-state index in [2.05, 4.69) is 5.32 Å². The third-order valence-corrected chi connectivity index (χ3v) is 6.19. The van der Waals surface area contributed by atoms with Crippen LogP contribution in [0, 0.1) is 0 Å². The zero-order chi connectivity index (χ0) is 18.3. The van der Waals surface area contributed by atoms with Gasteiger partial charge in [0.1, 0.15) is 13.1 Å². The first kappa shape index (κ1) is 20.1. The van der Waals surface area contributed by atoms with Crippen molar-refractivity contribution in [2.24, 2.45) is 0 Å². The molecule has 1 aromatic carbocycles. The van der Waals surface area contributed by atoms with Crippen LogP contribution in [0.5, 0.6) is 0 Å². The summed E-state index contributed by atoms with van der Waals surface area (Å²) in [4.78, 5) is 13.6. The number of nitrogens with zero attached hydrogens (tertiary/aromatic N) is 1. The van der Waals surface area contributed by atoms with Crippen LogP contribution in [0.3, 0.4) is 0 Å². The summed E-state index contributed by atoms with van der Waals surface area (Å²) in [7, 11) is -2.31. The maximum absolute atomic E-state index is 12.4. The highest BCUT2D eigenvalue weighted by Gasteiger charge is 2.22. The van der Waals surface area contributed by atoms with E-state index < -0.39 is 10.0 Å². The molecular formula is C16H25ClN3O4S+. The van der Waals surface area contributed by atoms with Crippen LogP contribution in [-0.2, 0) is 19.6 Å². The van der Waals surface area contributed by atoms with Gasteiger partial charge in [0.05, 0.1) is 31.2 Å². The van der Waals surface area contributed by atoms with Crippen LogP contribution in [0.2, 0.25) is 5.02 Å². The number of nitrogens with one attached hydrogen (secondary N) is 2. The van der Waals surface area contributed by atoms with Crippen LogP contribution in [0.25, 0.3) is 0 Å². The molecule has 9 heteroatoms. The average Bonchev–Trinajstić information content (AvgIpc) is 2.60. The number of hydrogen-bond acceptors (Lipinski definition) is 4. The molecule has 7 nitrogen and oxygen atoms in total. The van der Waals surface area contributed by atoms with E-state index in [9.17, 15) is 13.2 Å². The maximum Gasteiger partial charge on any atom is 0.243 e. The van der Waals surface area contributed by atoms with E-state index in [4.69, 9.17) is 16.3 Å². The molecule has 0 radical (unpaired) electrons. The summed E-state index contributed by atoms with van der Waals surface area (Å²) in [6.45, 7) is 4.87. The first-order valence-electron chi connectivity index (χ1n) is 8.29. The molecule has 0 saturated carbocycles. The second-order valence-electron chi connectivity index (χ2n) is 6.03. The number of morpholine rings is 1. The Labute approximate surface area is 153 Å². The van der Waals surface area contributed by atoms with Crippen LogP contribution in [0.4, 0.5) is 0 Å². The number of quaternary nitrogens is 1. The molecule has 140 valence electrons. The lowest BCUT2D eigenvalue weighted by Crippen LogP contribution is -3.14. The number of amides is 1. The van der Waals surface area contributed by atoms with Crippen LogP contribution in [0.15, 0.2) is 29.2 Å². The zero-order valence-electron chi connectivity index (χ0n) is 14.3. The molecule has 1 aliphatic heterocycles. The van der Waals surface area contributed by atoms with Crippen molar-refractivity contribution in [1.82, 2.24) is 9.62 Å². The number of benzene rings is 1. The first-order valence-corrected chi connectivity index (χ1v) is 10.1. The summed E-state index contributed by atoms with van der Waals surface area (Å²) in [6, 6.07) is 5.88. The van der Waals surface area contributed by atoms with Gasteiger partial charge in [-0.15, -0.1) is 0 Å². The monoisotopic (exact) mass is 390 g/mol. The SMILES string of the molecule is CN(CC(=O)NCCC[NH+]1CCOCC1)S(=O)(=O)c1ccc(Cl)cc1. The molecular weight excluding hydrogens is 366 g/mol. The second kappa shape index (κ2) is 9.49. The predicted octanol–water partition coefficient (Wildman–Crippen LogP) is -0.618. The molecule has 2 N–H and O–H groups in total. The molecule has 0 atom stereocenters. The largest absolute Gasteiger partial charge is 0.370 e. The molecule has 0 aliphatic carbocycles. The quantitative estimate of drug-likeness (QED) is 0.580. The van der Waals surface area contributed by atoms with Gasteiger partial charge in [-0.25, -0.2) is 8.42 Å². The van der Waals surface area contributed by atoms with Gasteiger partial charge in [-0.1, -0.05) is 11.6 Å². The third-order valence-electron chi connectivity index (χ3n) is 4.12. The van der Waals surface area contributed by atoms with Crippen molar-refractivity contribution < 1.29 is 22.8 Å². The van der Waals surface area contributed by atoms with E-state index in [1.807, 2.05) is 0 Å². The smallest absolute Gasteiger partial charge is 0.243 e. The Morgan fingerprint density at radius 3 is 2.56 bits per heavy atom. The Balaban J connectivity index is 1.74. The molecule has 1 aliphatic rings. The van der Waals surface area contributed by atoms with E-state index in [0.29, 0.717) is 11.6 Å². The highest BCUT2D eigenvalue weighted by atomic mass is 35.5. The summed E-state index contributed by atoms with van der Waals surface area (Å²) < 4.78 is 31.1. The predicted molar refractivity (Wildman–Crippen MR) is 95.3 cm³/mol. The zero-order valence-corrected chi connectivity index (χ0v) is 15.9. The minimum atomic E-state index is -3.70. The normalized spacial score (nSPS) is 16.1. The number of likely N-dealkylation sites (N-methyl/N-ethyl adjacent to an activating group) is 1. The summed E-state index contributed by atoms with van der Waals surface area (Å²) in [5.74, 6) is -0.308. The number of ether oxygens (including phenoxy) is 1. The Hall–Kier alpha value is -1.19. The van der Waals surface area contributed by atoms with Gasteiger partial charge < -0.3 is 15.0 Å². The fourth-order valence-corrected chi connectivity index (χ4v) is 3.86. The van der Waals surface area contributed by atoms with Crippen molar-refractivity contribution in [3.8, 4) is 0 Å². The van der Waals surface area contributed by atoms with Gasteiger partial charge in [-0.2, -0.15) is 4.31 Å². The number of carbonyl (C=O) groups is 1. The van der Waals surface area contributed by atoms with Gasteiger partial charge in [0.15, 0.2) is 0 Å². The van der Waals surface area contributed by atoms with Crippen molar-refractivity contribution in [1.29, 1.82) is 0 Å². The minimum Gasteiger partial charge on any atom is -0.370 e. The standard InChI is InChI=1S/C16H24ClN3O4S/c1-19(25(22,23)15-5-3-14(17)4-6-15)13-16(21)18-7-2-8-20-9-11-24-12-10-20/h3-6H,2,7-13H2,1H3,(H,18,21)/p+1. The summed E-state index contributed by atoms with van der Waals surface area (Å²) in [5, 5.41) is 3.24. The molecule has 1 saturated heterocycles. The van der Waals surface area contributed by atoms with Gasteiger partial charge in [-0.05, 0) is 24.3 Å². The first-order chi connectivity index (χ1) is 11.9. The lowest BCUT2D eigenvalue weighted by Gasteiger charge is -2.23. The van der Waals surface area contributed by atoms with Crippen molar-refractivity contribution >= 4 is 27.5 Å². The van der Waals surface area contributed by atoms with Gasteiger partial charge in [-0.3, -0.25) is 4.79 Å². The number of rotatable bonds is 8. The number of sulfonamides is 1. The van der Waals surface area contributed by atoms with Crippen molar-refractivity contribution in [2.75, 3.05) is 53.0 Å². The van der Waals surface area contributed by atoms with Crippen LogP contribution in [-0.4, -0.2) is 71.6 Å². The van der Waals surface area contributed by atoms with Gasteiger partial charge in [0.2, 0.25) is 15.9 Å². The molecule has 1 amide bonds. The Morgan fingerprint density at radius 1 is 1.28 bits per heavy atom. The molecule has 0 spiro atoms. The van der Waals surface area contributed by atoms with E-state index in [1.165, 1.54) is 36.2 Å². The Kier molecular flexibility index (Phi) is 7.64. The molecule has 0 aromatic heterocycles. The minimum absolute atomic E-state index is 0.114. The summed E-state index contributed by atoms with van der Waals surface area (Å²) in [6.07, 6.45) is 0.856. The highest BCUT2D eigenvalue weighted by Crippen LogP contribution is 2.17. The number of halogens is 1. The van der Waals surface area contributed by atoms with Crippen LogP contribution >= 0.6 is 11.6 Å². The Morgan fingerprint density at radius 2 is 1.92 bits per heavy atom. The van der Waals surface area contributed by atoms with Crippen molar-refractivity contribution in [3.05, 3.63) is 29.3 Å². The molecule has 0 unspecified atom stereocenters. The fourth-order valence-electron chi connectivity index (χ4n) is 2.61. The molecule has 1 heterocycles. The number of hydrogen-bond donors (Lipinski definition) is 2. The maximum atomic E-state index is 12.4. The third kappa shape index (κ3) is 6.23. The van der Waals surface area contributed by atoms with Gasteiger partial charge >= 0.3 is 0 Å². The van der Waals surface area contributed by atoms with E-state index >= 15 is 0 Å². The van der Waals surface area contributed by atoms with Crippen molar-refractivity contribution in [3.63, 3.8) is 0 Å². The van der Waals surface area contributed by atoms with E-state index in [-0.39, 0.29) is 17.3 Å². The van der Waals surface area contributed by atoms with Crippen molar-refractivity contribution in [2.45, 2.75) is 11.3 Å². The highest BCUT2D eigenvalue weighted by molar-refractivity contribution is 7.89. The van der Waals surface area contributed by atoms with E-state index in [1.54, 1.807) is 0 Å². The molecule has 1 aromatic rings. The molecule has 2 rings (SSSR count).